The van der Waals surface area contributed by atoms with E-state index in [9.17, 15) is 18.0 Å². The summed E-state index contributed by atoms with van der Waals surface area (Å²) >= 11 is 0. The Balaban J connectivity index is 1.86. The second kappa shape index (κ2) is 9.99. The minimum atomic E-state index is -3.92. The van der Waals surface area contributed by atoms with E-state index in [1.54, 1.807) is 6.92 Å². The SMILES string of the molecule is CCOC(=O)c1ccc(S(=O)(=O)NNC(=O)CC[NH+]2[C@@H](C)CCC[C@@H]2C)cc1. The number of carbonyl (C=O) groups is 2. The maximum Gasteiger partial charge on any atom is 0.338 e. The summed E-state index contributed by atoms with van der Waals surface area (Å²) in [6.07, 6.45) is 3.76. The van der Waals surface area contributed by atoms with Crippen molar-refractivity contribution in [3.8, 4) is 0 Å². The lowest BCUT2D eigenvalue weighted by molar-refractivity contribution is -0.950. The van der Waals surface area contributed by atoms with E-state index in [0.29, 0.717) is 18.6 Å². The monoisotopic (exact) mass is 412 g/mol. The van der Waals surface area contributed by atoms with Crippen LogP contribution in [0.15, 0.2) is 29.2 Å². The smallest absolute Gasteiger partial charge is 0.338 e. The zero-order valence-corrected chi connectivity index (χ0v) is 17.5. The Bertz CT molecular complexity index is 769. The molecule has 1 amide bonds. The van der Waals surface area contributed by atoms with Gasteiger partial charge in [0.25, 0.3) is 10.0 Å². The first-order valence-electron chi connectivity index (χ1n) is 9.68. The van der Waals surface area contributed by atoms with Crippen LogP contribution < -0.4 is 15.2 Å². The number of likely N-dealkylation sites (tertiary alicyclic amines) is 1. The highest BCUT2D eigenvalue weighted by Crippen LogP contribution is 2.11. The van der Waals surface area contributed by atoms with E-state index < -0.39 is 16.0 Å². The maximum absolute atomic E-state index is 12.3. The Hall–Kier alpha value is -1.97. The second-order valence-corrected chi connectivity index (χ2v) is 8.89. The van der Waals surface area contributed by atoms with Crippen molar-refractivity contribution in [1.82, 2.24) is 10.3 Å². The molecule has 0 unspecified atom stereocenters. The minimum Gasteiger partial charge on any atom is -0.462 e. The van der Waals surface area contributed by atoms with Gasteiger partial charge in [0.05, 0.1) is 42.1 Å². The van der Waals surface area contributed by atoms with Crippen molar-refractivity contribution in [2.24, 2.45) is 0 Å². The van der Waals surface area contributed by atoms with Crippen molar-refractivity contribution in [2.75, 3.05) is 13.2 Å². The Morgan fingerprint density at radius 1 is 1.14 bits per heavy atom. The number of hydrogen-bond donors (Lipinski definition) is 3. The van der Waals surface area contributed by atoms with Gasteiger partial charge in [-0.2, -0.15) is 0 Å². The fraction of sp³-hybridized carbons (Fsp3) is 0.579. The first kappa shape index (κ1) is 22.3. The van der Waals surface area contributed by atoms with Gasteiger partial charge >= 0.3 is 5.97 Å². The van der Waals surface area contributed by atoms with Crippen molar-refractivity contribution in [2.45, 2.75) is 63.4 Å². The molecule has 2 atom stereocenters. The molecule has 1 aliphatic heterocycles. The van der Waals surface area contributed by atoms with Gasteiger partial charge in [0, 0.05) is 0 Å². The number of hydrazine groups is 1. The van der Waals surface area contributed by atoms with Gasteiger partial charge in [-0.25, -0.2) is 13.2 Å². The van der Waals surface area contributed by atoms with Gasteiger partial charge in [0.15, 0.2) is 0 Å². The number of piperidine rings is 1. The highest BCUT2D eigenvalue weighted by atomic mass is 32.2. The number of nitrogens with one attached hydrogen (secondary N) is 3. The van der Waals surface area contributed by atoms with Gasteiger partial charge < -0.3 is 9.64 Å². The molecule has 0 saturated carbocycles. The third-order valence-corrected chi connectivity index (χ3v) is 6.45. The highest BCUT2D eigenvalue weighted by Gasteiger charge is 2.28. The number of esters is 1. The lowest BCUT2D eigenvalue weighted by Gasteiger charge is -2.35. The number of hydrogen-bond acceptors (Lipinski definition) is 5. The fourth-order valence-corrected chi connectivity index (χ4v) is 4.43. The van der Waals surface area contributed by atoms with Crippen LogP contribution in [0.2, 0.25) is 0 Å². The number of rotatable bonds is 8. The number of carbonyl (C=O) groups excluding carboxylic acids is 2. The molecule has 0 bridgehead atoms. The van der Waals surface area contributed by atoms with E-state index in [0.717, 1.165) is 12.8 Å². The van der Waals surface area contributed by atoms with Crippen LogP contribution in [-0.4, -0.2) is 45.5 Å². The molecule has 1 aromatic rings. The lowest BCUT2D eigenvalue weighted by Crippen LogP contribution is -3.19. The molecule has 0 aliphatic carbocycles. The molecule has 28 heavy (non-hydrogen) atoms. The summed E-state index contributed by atoms with van der Waals surface area (Å²) in [6.45, 7) is 6.97. The number of amides is 1. The van der Waals surface area contributed by atoms with E-state index in [-0.39, 0.29) is 29.4 Å². The molecule has 1 heterocycles. The summed E-state index contributed by atoms with van der Waals surface area (Å²) < 4.78 is 29.5. The summed E-state index contributed by atoms with van der Waals surface area (Å²) in [6, 6.07) is 6.34. The summed E-state index contributed by atoms with van der Waals surface area (Å²) in [5.41, 5.74) is 2.53. The molecular formula is C19H30N3O5S+. The van der Waals surface area contributed by atoms with E-state index in [2.05, 4.69) is 24.1 Å². The average Bonchev–Trinajstić information content (AvgIpc) is 2.66. The predicted molar refractivity (Wildman–Crippen MR) is 104 cm³/mol. The molecule has 156 valence electrons. The Labute approximate surface area is 166 Å². The molecule has 3 N–H and O–H groups in total. The largest absolute Gasteiger partial charge is 0.462 e. The molecule has 2 rings (SSSR count). The van der Waals surface area contributed by atoms with Gasteiger partial charge in [0.1, 0.15) is 0 Å². The molecule has 8 nitrogen and oxygen atoms in total. The molecule has 9 heteroatoms. The zero-order chi connectivity index (χ0) is 20.7. The van der Waals surface area contributed by atoms with E-state index in [1.165, 1.54) is 35.6 Å². The lowest BCUT2D eigenvalue weighted by atomic mass is 9.97. The molecule has 0 aromatic heterocycles. The third kappa shape index (κ3) is 6.02. The van der Waals surface area contributed by atoms with Crippen LogP contribution in [0.1, 0.15) is 56.8 Å². The van der Waals surface area contributed by atoms with Crippen molar-refractivity contribution < 1.29 is 27.6 Å². The second-order valence-electron chi connectivity index (χ2n) is 7.21. The average molecular weight is 413 g/mol. The molecule has 1 aliphatic rings. The van der Waals surface area contributed by atoms with Crippen LogP contribution in [-0.2, 0) is 19.6 Å². The topological polar surface area (TPSA) is 106 Å². The van der Waals surface area contributed by atoms with Gasteiger partial charge in [-0.05, 0) is 64.3 Å². The van der Waals surface area contributed by atoms with Crippen molar-refractivity contribution in [1.29, 1.82) is 0 Å². The van der Waals surface area contributed by atoms with E-state index in [4.69, 9.17) is 4.74 Å². The van der Waals surface area contributed by atoms with Gasteiger partial charge in [0.2, 0.25) is 5.91 Å². The van der Waals surface area contributed by atoms with Crippen LogP contribution in [0, 0.1) is 0 Å². The maximum atomic E-state index is 12.3. The summed E-state index contributed by atoms with van der Waals surface area (Å²) in [5, 5.41) is 0. The van der Waals surface area contributed by atoms with Crippen molar-refractivity contribution in [3.05, 3.63) is 29.8 Å². The first-order valence-corrected chi connectivity index (χ1v) is 11.2. The van der Waals surface area contributed by atoms with Crippen molar-refractivity contribution >= 4 is 21.9 Å². The number of ether oxygens (including phenoxy) is 1. The number of sulfonamides is 1. The molecule has 1 saturated heterocycles. The fourth-order valence-electron chi connectivity index (χ4n) is 3.57. The van der Waals surface area contributed by atoms with Gasteiger partial charge in [-0.3, -0.25) is 10.2 Å². The van der Waals surface area contributed by atoms with Crippen LogP contribution in [0.4, 0.5) is 0 Å². The Morgan fingerprint density at radius 3 is 2.32 bits per heavy atom. The summed E-state index contributed by atoms with van der Waals surface area (Å²) in [4.78, 5) is 27.1. The molecule has 0 spiro atoms. The van der Waals surface area contributed by atoms with Crippen LogP contribution in [0.5, 0.6) is 0 Å². The van der Waals surface area contributed by atoms with Gasteiger partial charge in [-0.15, -0.1) is 4.83 Å². The van der Waals surface area contributed by atoms with Crippen LogP contribution in [0.3, 0.4) is 0 Å². The van der Waals surface area contributed by atoms with Crippen molar-refractivity contribution in [3.63, 3.8) is 0 Å². The van der Waals surface area contributed by atoms with E-state index in [1.807, 2.05) is 0 Å². The zero-order valence-electron chi connectivity index (χ0n) is 16.7. The third-order valence-electron chi connectivity index (χ3n) is 5.18. The predicted octanol–water partition coefficient (Wildman–Crippen LogP) is 0.409. The minimum absolute atomic E-state index is 0.0512. The summed E-state index contributed by atoms with van der Waals surface area (Å²) in [5.74, 6) is -0.888. The molecule has 1 fully saturated rings. The Kier molecular flexibility index (Phi) is 7.97. The van der Waals surface area contributed by atoms with E-state index >= 15 is 0 Å². The first-order chi connectivity index (χ1) is 13.2. The van der Waals surface area contributed by atoms with Crippen LogP contribution >= 0.6 is 0 Å². The quantitative estimate of drug-likeness (QED) is 0.424. The number of quaternary nitrogens is 1. The highest BCUT2D eigenvalue weighted by molar-refractivity contribution is 7.89. The Morgan fingerprint density at radius 2 is 1.75 bits per heavy atom. The molecular weight excluding hydrogens is 382 g/mol. The standard InChI is InChI=1S/C19H29N3O5S/c1-4-27-19(24)16-8-10-17(11-9-16)28(25,26)21-20-18(23)12-13-22-14(2)6-5-7-15(22)3/h8-11,14-15,21H,4-7,12-13H2,1-3H3,(H,20,23)/p+1/t14-,15-/m0/s1. The normalized spacial score (nSPS) is 20.5. The molecule has 0 radical (unpaired) electrons. The summed E-state index contributed by atoms with van der Waals surface area (Å²) in [7, 11) is -3.92. The molecule has 1 aromatic carbocycles. The van der Waals surface area contributed by atoms with Gasteiger partial charge in [-0.1, -0.05) is 0 Å². The van der Waals surface area contributed by atoms with Crippen LogP contribution in [0.25, 0.3) is 0 Å². The number of benzene rings is 1.